The van der Waals surface area contributed by atoms with E-state index in [1.54, 1.807) is 19.2 Å². The molecule has 1 rings (SSSR count). The molecule has 1 N–H and O–H groups in total. The summed E-state index contributed by atoms with van der Waals surface area (Å²) in [7, 11) is 1.63. The molecule has 0 fully saturated rings. The summed E-state index contributed by atoms with van der Waals surface area (Å²) in [6.45, 7) is 3.28. The Morgan fingerprint density at radius 3 is 2.43 bits per heavy atom. The van der Waals surface area contributed by atoms with E-state index in [1.807, 2.05) is 0 Å². The summed E-state index contributed by atoms with van der Waals surface area (Å²) in [6, 6.07) is 6.39. The number of ether oxygens (including phenoxy) is 2. The van der Waals surface area contributed by atoms with Gasteiger partial charge in [-0.15, -0.1) is 0 Å². The molecule has 120 valence electrons. The molecule has 0 saturated heterocycles. The molecule has 1 aromatic rings. The van der Waals surface area contributed by atoms with E-state index in [2.05, 4.69) is 5.32 Å². The van der Waals surface area contributed by atoms with E-state index in [-0.39, 0.29) is 16.7 Å². The number of rotatable bonds is 10. The molecular weight excluding hydrogens is 303 g/mol. The Morgan fingerprint density at radius 2 is 1.81 bits per heavy atom. The smallest absolute Gasteiger partial charge is 0.382 e. The topological polar surface area (TPSA) is 30.5 Å². The fraction of sp³-hybridized carbons (Fsp3) is 0.571. The first-order valence-corrected chi connectivity index (χ1v) is 7.45. The number of methoxy groups -OCH3 is 1. The van der Waals surface area contributed by atoms with E-state index >= 15 is 0 Å². The molecule has 0 radical (unpaired) electrons. The minimum absolute atomic E-state index is 0.0963. The molecule has 0 aliphatic heterocycles. The molecule has 0 heterocycles. The quantitative estimate of drug-likeness (QED) is 0.528. The van der Waals surface area contributed by atoms with Crippen molar-refractivity contribution in [2.75, 3.05) is 33.5 Å². The Morgan fingerprint density at radius 1 is 1.10 bits per heavy atom. The van der Waals surface area contributed by atoms with Gasteiger partial charge in [-0.25, -0.2) is 0 Å². The van der Waals surface area contributed by atoms with Crippen molar-refractivity contribution in [1.29, 1.82) is 0 Å². The molecular formula is C14H20F3NO2S. The Labute approximate surface area is 127 Å². The lowest BCUT2D eigenvalue weighted by atomic mass is 10.2. The molecule has 3 nitrogen and oxygen atoms in total. The standard InChI is InChI=1S/C14H20F3NO2S/c1-19-9-10-20-8-2-7-18-11-12-3-5-13(6-4-12)21-14(15,16)17/h3-6,18H,2,7-11H2,1H3. The third-order valence-electron chi connectivity index (χ3n) is 2.56. The molecule has 0 aliphatic carbocycles. The highest BCUT2D eigenvalue weighted by Gasteiger charge is 2.28. The number of halogens is 3. The van der Waals surface area contributed by atoms with E-state index in [9.17, 15) is 13.2 Å². The number of hydrogen-bond donors (Lipinski definition) is 1. The summed E-state index contributed by atoms with van der Waals surface area (Å²) in [5.74, 6) is 0. The minimum atomic E-state index is -4.23. The Kier molecular flexibility index (Phi) is 8.75. The van der Waals surface area contributed by atoms with Crippen molar-refractivity contribution in [3.8, 4) is 0 Å². The summed E-state index contributed by atoms with van der Waals surface area (Å²) in [5, 5.41) is 3.22. The molecule has 0 spiro atoms. The van der Waals surface area contributed by atoms with Crippen molar-refractivity contribution < 1.29 is 22.6 Å². The van der Waals surface area contributed by atoms with Gasteiger partial charge in [0, 0.05) is 25.2 Å². The van der Waals surface area contributed by atoms with E-state index in [4.69, 9.17) is 9.47 Å². The van der Waals surface area contributed by atoms with E-state index < -0.39 is 5.51 Å². The van der Waals surface area contributed by atoms with Crippen LogP contribution in [0.2, 0.25) is 0 Å². The van der Waals surface area contributed by atoms with E-state index in [0.29, 0.717) is 26.4 Å². The van der Waals surface area contributed by atoms with Crippen molar-refractivity contribution in [3.63, 3.8) is 0 Å². The summed E-state index contributed by atoms with van der Waals surface area (Å²) in [6.07, 6.45) is 0.881. The van der Waals surface area contributed by atoms with Gasteiger partial charge in [-0.1, -0.05) is 12.1 Å². The average molecular weight is 323 g/mol. The lowest BCUT2D eigenvalue weighted by molar-refractivity contribution is -0.0328. The van der Waals surface area contributed by atoms with Crippen LogP contribution in [0.3, 0.4) is 0 Å². The van der Waals surface area contributed by atoms with Crippen molar-refractivity contribution in [1.82, 2.24) is 5.32 Å². The fourth-order valence-corrected chi connectivity index (χ4v) is 2.12. The molecule has 0 aliphatic rings. The lowest BCUT2D eigenvalue weighted by Gasteiger charge is -2.08. The normalized spacial score (nSPS) is 11.8. The monoisotopic (exact) mass is 323 g/mol. The number of benzene rings is 1. The van der Waals surface area contributed by atoms with Crippen LogP contribution >= 0.6 is 11.8 Å². The zero-order valence-electron chi connectivity index (χ0n) is 11.9. The molecule has 0 aromatic heterocycles. The predicted molar refractivity (Wildman–Crippen MR) is 77.4 cm³/mol. The van der Waals surface area contributed by atoms with Crippen molar-refractivity contribution in [3.05, 3.63) is 29.8 Å². The Hall–Kier alpha value is -0.760. The first-order chi connectivity index (χ1) is 10.0. The Bertz CT molecular complexity index is 385. The third kappa shape index (κ3) is 9.73. The molecule has 0 atom stereocenters. The van der Waals surface area contributed by atoms with Gasteiger partial charge in [-0.3, -0.25) is 0 Å². The van der Waals surface area contributed by atoms with Crippen LogP contribution in [-0.4, -0.2) is 39.0 Å². The Balaban J connectivity index is 2.13. The number of thioether (sulfide) groups is 1. The summed E-state index contributed by atoms with van der Waals surface area (Å²) >= 11 is -0.0963. The van der Waals surface area contributed by atoms with Gasteiger partial charge in [-0.2, -0.15) is 13.2 Å². The van der Waals surface area contributed by atoms with Crippen LogP contribution in [-0.2, 0) is 16.0 Å². The van der Waals surface area contributed by atoms with Gasteiger partial charge >= 0.3 is 5.51 Å². The average Bonchev–Trinajstić information content (AvgIpc) is 2.42. The maximum Gasteiger partial charge on any atom is 0.446 e. The molecule has 0 unspecified atom stereocenters. The molecule has 0 saturated carbocycles. The van der Waals surface area contributed by atoms with Crippen LogP contribution in [0, 0.1) is 0 Å². The molecule has 7 heteroatoms. The third-order valence-corrected chi connectivity index (χ3v) is 3.30. The predicted octanol–water partition coefficient (Wildman–Crippen LogP) is 3.44. The van der Waals surface area contributed by atoms with Crippen LogP contribution < -0.4 is 5.32 Å². The number of nitrogens with one attached hydrogen (secondary N) is 1. The van der Waals surface area contributed by atoms with Gasteiger partial charge in [-0.05, 0) is 42.4 Å². The first-order valence-electron chi connectivity index (χ1n) is 6.63. The van der Waals surface area contributed by atoms with Crippen LogP contribution in [0.25, 0.3) is 0 Å². The highest BCUT2D eigenvalue weighted by Crippen LogP contribution is 2.36. The van der Waals surface area contributed by atoms with Gasteiger partial charge in [0.1, 0.15) is 0 Å². The highest BCUT2D eigenvalue weighted by atomic mass is 32.2. The second-order valence-corrected chi connectivity index (χ2v) is 5.47. The maximum absolute atomic E-state index is 12.2. The van der Waals surface area contributed by atoms with Crippen LogP contribution in [0.4, 0.5) is 13.2 Å². The zero-order valence-corrected chi connectivity index (χ0v) is 12.7. The van der Waals surface area contributed by atoms with Gasteiger partial charge in [0.2, 0.25) is 0 Å². The molecule has 21 heavy (non-hydrogen) atoms. The summed E-state index contributed by atoms with van der Waals surface area (Å²) in [5.41, 5.74) is -3.27. The van der Waals surface area contributed by atoms with E-state index in [0.717, 1.165) is 18.5 Å². The maximum atomic E-state index is 12.2. The van der Waals surface area contributed by atoms with Crippen molar-refractivity contribution in [2.45, 2.75) is 23.4 Å². The summed E-state index contributed by atoms with van der Waals surface area (Å²) < 4.78 is 46.7. The SMILES string of the molecule is COCCOCCCNCc1ccc(SC(F)(F)F)cc1. The molecule has 0 bridgehead atoms. The lowest BCUT2D eigenvalue weighted by Crippen LogP contribution is -2.16. The fourth-order valence-electron chi connectivity index (χ4n) is 1.59. The zero-order chi connectivity index (χ0) is 15.6. The van der Waals surface area contributed by atoms with Gasteiger partial charge in [0.25, 0.3) is 0 Å². The summed E-state index contributed by atoms with van der Waals surface area (Å²) in [4.78, 5) is 0.206. The van der Waals surface area contributed by atoms with Crippen LogP contribution in [0.5, 0.6) is 0 Å². The minimum Gasteiger partial charge on any atom is -0.382 e. The van der Waals surface area contributed by atoms with Gasteiger partial charge < -0.3 is 14.8 Å². The van der Waals surface area contributed by atoms with Crippen molar-refractivity contribution in [2.24, 2.45) is 0 Å². The number of alkyl halides is 3. The first kappa shape index (κ1) is 18.3. The second kappa shape index (κ2) is 10.0. The van der Waals surface area contributed by atoms with Gasteiger partial charge in [0.05, 0.1) is 13.2 Å². The van der Waals surface area contributed by atoms with Crippen molar-refractivity contribution >= 4 is 11.8 Å². The van der Waals surface area contributed by atoms with E-state index in [1.165, 1.54) is 12.1 Å². The second-order valence-electron chi connectivity index (χ2n) is 4.33. The largest absolute Gasteiger partial charge is 0.446 e. The van der Waals surface area contributed by atoms with Gasteiger partial charge in [0.15, 0.2) is 0 Å². The molecule has 0 amide bonds. The van der Waals surface area contributed by atoms with Crippen LogP contribution in [0.15, 0.2) is 29.2 Å². The highest BCUT2D eigenvalue weighted by molar-refractivity contribution is 8.00. The molecule has 1 aromatic carbocycles. The van der Waals surface area contributed by atoms with Crippen LogP contribution in [0.1, 0.15) is 12.0 Å². The number of hydrogen-bond acceptors (Lipinski definition) is 4.